The van der Waals surface area contributed by atoms with Gasteiger partial charge < -0.3 is 5.32 Å². The fourth-order valence-corrected chi connectivity index (χ4v) is 3.58. The highest BCUT2D eigenvalue weighted by molar-refractivity contribution is 6.31. The predicted octanol–water partition coefficient (Wildman–Crippen LogP) is 4.61. The first-order valence-corrected chi connectivity index (χ1v) is 9.16. The summed E-state index contributed by atoms with van der Waals surface area (Å²) in [6, 6.07) is 16.2. The highest BCUT2D eigenvalue weighted by Gasteiger charge is 2.27. The number of pyridine rings is 1. The molecule has 1 aliphatic rings. The first-order valence-electron chi connectivity index (χ1n) is 8.78. The molecule has 3 heterocycles. The van der Waals surface area contributed by atoms with Crippen molar-refractivity contribution < 1.29 is 0 Å². The van der Waals surface area contributed by atoms with Crippen LogP contribution in [0.15, 0.2) is 60.9 Å². The Hall–Kier alpha value is -2.50. The van der Waals surface area contributed by atoms with Crippen molar-refractivity contribution in [3.8, 4) is 0 Å². The molecule has 26 heavy (non-hydrogen) atoms. The van der Waals surface area contributed by atoms with Crippen LogP contribution in [-0.2, 0) is 6.54 Å². The van der Waals surface area contributed by atoms with Crippen molar-refractivity contribution in [1.29, 1.82) is 0 Å². The summed E-state index contributed by atoms with van der Waals surface area (Å²) >= 11 is 6.35. The van der Waals surface area contributed by atoms with E-state index in [0.717, 1.165) is 48.0 Å². The third-order valence-electron chi connectivity index (χ3n) is 4.61. The SMILES string of the molecule is Clc1ccccc1CN1CCCC1c1cccc(Nc2ncccn2)n1. The molecule has 132 valence electrons. The normalized spacial score (nSPS) is 17.3. The Labute approximate surface area is 158 Å². The number of halogens is 1. The molecule has 6 heteroatoms. The van der Waals surface area contributed by atoms with Crippen LogP contribution in [-0.4, -0.2) is 26.4 Å². The lowest BCUT2D eigenvalue weighted by atomic mass is 10.1. The van der Waals surface area contributed by atoms with Crippen LogP contribution >= 0.6 is 11.6 Å². The molecule has 1 saturated heterocycles. The van der Waals surface area contributed by atoms with Crippen molar-refractivity contribution in [2.75, 3.05) is 11.9 Å². The minimum atomic E-state index is 0.296. The van der Waals surface area contributed by atoms with E-state index < -0.39 is 0 Å². The van der Waals surface area contributed by atoms with Gasteiger partial charge in [-0.2, -0.15) is 0 Å². The second-order valence-electron chi connectivity index (χ2n) is 6.37. The molecule has 1 atom stereocenters. The molecule has 2 aromatic heterocycles. The lowest BCUT2D eigenvalue weighted by Crippen LogP contribution is -2.23. The molecule has 0 saturated carbocycles. The standard InChI is InChI=1S/C20H20ClN5/c21-16-7-2-1-6-15(16)14-26-13-4-9-18(26)17-8-3-10-19(24-17)25-20-22-11-5-12-23-20/h1-3,5-8,10-12,18H,4,9,13-14H2,(H,22,23,24,25). The molecule has 0 bridgehead atoms. The number of aromatic nitrogens is 3. The number of hydrogen-bond acceptors (Lipinski definition) is 5. The van der Waals surface area contributed by atoms with Gasteiger partial charge in [0.25, 0.3) is 0 Å². The summed E-state index contributed by atoms with van der Waals surface area (Å²) in [4.78, 5) is 15.6. The van der Waals surface area contributed by atoms with Gasteiger partial charge in [-0.3, -0.25) is 4.90 Å². The lowest BCUT2D eigenvalue weighted by Gasteiger charge is -2.25. The number of nitrogens with zero attached hydrogens (tertiary/aromatic N) is 4. The molecular weight excluding hydrogens is 346 g/mol. The van der Waals surface area contributed by atoms with E-state index in [-0.39, 0.29) is 0 Å². The van der Waals surface area contributed by atoms with E-state index in [1.165, 1.54) is 0 Å². The highest BCUT2D eigenvalue weighted by atomic mass is 35.5. The summed E-state index contributed by atoms with van der Waals surface area (Å²) in [5.41, 5.74) is 2.23. The Balaban J connectivity index is 1.52. The molecule has 1 N–H and O–H groups in total. The maximum Gasteiger partial charge on any atom is 0.228 e. The zero-order valence-electron chi connectivity index (χ0n) is 14.3. The molecule has 0 aliphatic carbocycles. The van der Waals surface area contributed by atoms with Gasteiger partial charge in [-0.15, -0.1) is 0 Å². The summed E-state index contributed by atoms with van der Waals surface area (Å²) in [6.45, 7) is 1.89. The fourth-order valence-electron chi connectivity index (χ4n) is 3.38. The van der Waals surface area contributed by atoms with Gasteiger partial charge in [0.1, 0.15) is 5.82 Å². The maximum absolute atomic E-state index is 6.35. The van der Waals surface area contributed by atoms with Crippen LogP contribution < -0.4 is 5.32 Å². The fraction of sp³-hybridized carbons (Fsp3) is 0.250. The van der Waals surface area contributed by atoms with Gasteiger partial charge in [0, 0.05) is 24.0 Å². The average Bonchev–Trinajstić information content (AvgIpc) is 3.13. The third kappa shape index (κ3) is 3.84. The molecule has 0 amide bonds. The van der Waals surface area contributed by atoms with Crippen LogP contribution in [0.1, 0.15) is 30.1 Å². The Kier molecular flexibility index (Phi) is 5.09. The summed E-state index contributed by atoms with van der Waals surface area (Å²) in [5, 5.41) is 3.99. The molecule has 1 fully saturated rings. The smallest absolute Gasteiger partial charge is 0.228 e. The molecule has 4 rings (SSSR count). The van der Waals surface area contributed by atoms with Gasteiger partial charge in [0.05, 0.1) is 11.7 Å². The van der Waals surface area contributed by atoms with Crippen LogP contribution in [0.25, 0.3) is 0 Å². The first-order chi connectivity index (χ1) is 12.8. The second-order valence-corrected chi connectivity index (χ2v) is 6.77. The molecular formula is C20H20ClN5. The van der Waals surface area contributed by atoms with E-state index in [0.29, 0.717) is 12.0 Å². The van der Waals surface area contributed by atoms with Gasteiger partial charge in [-0.25, -0.2) is 15.0 Å². The van der Waals surface area contributed by atoms with E-state index in [1.807, 2.05) is 30.3 Å². The van der Waals surface area contributed by atoms with E-state index in [2.05, 4.69) is 32.3 Å². The van der Waals surface area contributed by atoms with Crippen LogP contribution in [0.4, 0.5) is 11.8 Å². The third-order valence-corrected chi connectivity index (χ3v) is 4.98. The summed E-state index contributed by atoms with van der Waals surface area (Å²) < 4.78 is 0. The zero-order valence-corrected chi connectivity index (χ0v) is 15.1. The number of likely N-dealkylation sites (tertiary alicyclic amines) is 1. The molecule has 3 aromatic rings. The van der Waals surface area contributed by atoms with Crippen LogP contribution in [0.5, 0.6) is 0 Å². The van der Waals surface area contributed by atoms with E-state index in [4.69, 9.17) is 16.6 Å². The maximum atomic E-state index is 6.35. The van der Waals surface area contributed by atoms with Crippen molar-refractivity contribution in [3.05, 3.63) is 77.2 Å². The van der Waals surface area contributed by atoms with Gasteiger partial charge in [0.2, 0.25) is 5.95 Å². The second kappa shape index (κ2) is 7.81. The Morgan fingerprint density at radius 2 is 1.88 bits per heavy atom. The number of hydrogen-bond donors (Lipinski definition) is 1. The van der Waals surface area contributed by atoms with Crippen molar-refractivity contribution in [2.45, 2.75) is 25.4 Å². The molecule has 1 aromatic carbocycles. The number of rotatable bonds is 5. The summed E-state index contributed by atoms with van der Waals surface area (Å²) in [6.07, 6.45) is 5.68. The number of benzene rings is 1. The molecule has 5 nitrogen and oxygen atoms in total. The first kappa shape index (κ1) is 16.9. The van der Waals surface area contributed by atoms with E-state index >= 15 is 0 Å². The molecule has 0 radical (unpaired) electrons. The van der Waals surface area contributed by atoms with Gasteiger partial charge in [-0.05, 0) is 49.2 Å². The topological polar surface area (TPSA) is 53.9 Å². The van der Waals surface area contributed by atoms with Gasteiger partial charge in [-0.1, -0.05) is 35.9 Å². The summed E-state index contributed by atoms with van der Waals surface area (Å²) in [5.74, 6) is 1.31. The zero-order chi connectivity index (χ0) is 17.8. The largest absolute Gasteiger partial charge is 0.309 e. The molecule has 1 unspecified atom stereocenters. The minimum absolute atomic E-state index is 0.296. The van der Waals surface area contributed by atoms with Crippen molar-refractivity contribution >= 4 is 23.4 Å². The van der Waals surface area contributed by atoms with Crippen LogP contribution in [0.2, 0.25) is 5.02 Å². The predicted molar refractivity (Wildman–Crippen MR) is 103 cm³/mol. The minimum Gasteiger partial charge on any atom is -0.309 e. The van der Waals surface area contributed by atoms with E-state index in [9.17, 15) is 0 Å². The number of nitrogens with one attached hydrogen (secondary N) is 1. The van der Waals surface area contributed by atoms with Crippen LogP contribution in [0.3, 0.4) is 0 Å². The molecule has 0 spiro atoms. The van der Waals surface area contributed by atoms with E-state index in [1.54, 1.807) is 18.5 Å². The lowest BCUT2D eigenvalue weighted by molar-refractivity contribution is 0.244. The van der Waals surface area contributed by atoms with Gasteiger partial charge >= 0.3 is 0 Å². The monoisotopic (exact) mass is 365 g/mol. The van der Waals surface area contributed by atoms with Gasteiger partial charge in [0.15, 0.2) is 0 Å². The van der Waals surface area contributed by atoms with Crippen molar-refractivity contribution in [3.63, 3.8) is 0 Å². The Bertz CT molecular complexity index is 871. The average molecular weight is 366 g/mol. The Morgan fingerprint density at radius 1 is 1.04 bits per heavy atom. The van der Waals surface area contributed by atoms with Crippen molar-refractivity contribution in [1.82, 2.24) is 19.9 Å². The quantitative estimate of drug-likeness (QED) is 0.715. The van der Waals surface area contributed by atoms with Crippen molar-refractivity contribution in [2.24, 2.45) is 0 Å². The van der Waals surface area contributed by atoms with Crippen LogP contribution in [0, 0.1) is 0 Å². The number of anilines is 2. The Morgan fingerprint density at radius 3 is 2.73 bits per heavy atom. The summed E-state index contributed by atoms with van der Waals surface area (Å²) in [7, 11) is 0. The molecule has 1 aliphatic heterocycles. The highest BCUT2D eigenvalue weighted by Crippen LogP contribution is 2.33.